The standard InChI is InChI=1S/C7H9ClO4.C7H10O4.C5H4ClNO3.CH2Cl2.Cl2O2S.ClH.H3NO/c1-3-12-7(11)6(10)5(8)4(2)9;1-3-11-7(10)6(9)4-5(2)8;1-2-3(6)4(5(8)9)10-7-2;2-1-3;1-5(2,3)4;;1-2/h5H,3H2,1-2H3;3-4H2,1-2H3;1H3,(H,8,9);1H2;;1H;2H,1H2. The van der Waals surface area contributed by atoms with Crippen molar-refractivity contribution in [2.24, 2.45) is 5.90 Å². The fraction of sp³-hybridized carbons (Fsp3) is 0.500. The molecular weight excluding hydrogens is 772 g/mol. The molecule has 0 fully saturated rings. The summed E-state index contributed by atoms with van der Waals surface area (Å²) in [6.07, 6.45) is -0.362. The van der Waals surface area contributed by atoms with Crippen molar-refractivity contribution in [3.63, 3.8) is 0 Å². The minimum atomic E-state index is -3.72. The van der Waals surface area contributed by atoms with Gasteiger partial charge in [-0.3, -0.25) is 19.2 Å². The number of aromatic carboxylic acids is 1. The number of ketones is 4. The van der Waals surface area contributed by atoms with Gasteiger partial charge in [0.25, 0.3) is 11.5 Å². The summed E-state index contributed by atoms with van der Waals surface area (Å²) in [7, 11) is 4.81. The highest BCUT2D eigenvalue weighted by Crippen LogP contribution is 2.18. The predicted octanol–water partition coefficient (Wildman–Crippen LogP) is 3.63. The zero-order valence-electron chi connectivity index (χ0n) is 23.3. The number of Topliss-reactive ketones (excluding diaryl/α,β-unsaturated/α-hetero) is 4. The number of carbonyl (C=O) groups excluding carboxylic acids is 6. The Morgan fingerprint density at radius 2 is 1.32 bits per heavy atom. The number of hydrogen-bond acceptors (Lipinski definition) is 15. The van der Waals surface area contributed by atoms with E-state index in [9.17, 15) is 33.6 Å². The quantitative estimate of drug-likeness (QED) is 0.0804. The summed E-state index contributed by atoms with van der Waals surface area (Å²) in [5.41, 5.74) is 0.388. The Hall–Kier alpha value is -1.80. The summed E-state index contributed by atoms with van der Waals surface area (Å²) < 4.78 is 31.4. The first-order valence-electron chi connectivity index (χ1n) is 10.5. The number of carbonyl (C=O) groups is 7. The highest BCUT2D eigenvalue weighted by atomic mass is 36.0. The van der Waals surface area contributed by atoms with Crippen molar-refractivity contribution < 1.29 is 66.3 Å². The zero-order valence-corrected chi connectivity index (χ0v) is 29.5. The van der Waals surface area contributed by atoms with Crippen LogP contribution >= 0.6 is 80.2 Å². The lowest BCUT2D eigenvalue weighted by molar-refractivity contribution is -0.154. The van der Waals surface area contributed by atoms with Crippen LogP contribution < -0.4 is 5.90 Å². The van der Waals surface area contributed by atoms with Gasteiger partial charge in [-0.2, -0.15) is 8.42 Å². The van der Waals surface area contributed by atoms with E-state index in [1.807, 2.05) is 0 Å². The molecule has 0 saturated heterocycles. The first-order chi connectivity index (χ1) is 19.6. The molecule has 0 aliphatic heterocycles. The van der Waals surface area contributed by atoms with Gasteiger partial charge in [-0.1, -0.05) is 16.8 Å². The average molecular weight is 802 g/mol. The molecule has 4 N–H and O–H groups in total. The normalized spacial score (nSPS) is 9.57. The van der Waals surface area contributed by atoms with E-state index in [-0.39, 0.29) is 53.9 Å². The van der Waals surface area contributed by atoms with Gasteiger partial charge in [0.1, 0.15) is 16.5 Å². The fourth-order valence-corrected chi connectivity index (χ4v) is 1.73. The van der Waals surface area contributed by atoms with Crippen LogP contribution in [0.25, 0.3) is 0 Å². The number of alkyl halides is 3. The maximum Gasteiger partial charge on any atom is 0.376 e. The van der Waals surface area contributed by atoms with Gasteiger partial charge in [-0.25, -0.2) is 20.3 Å². The molecule has 1 aromatic rings. The molecule has 0 aromatic carbocycles. The van der Waals surface area contributed by atoms with Crippen molar-refractivity contribution in [3.05, 3.63) is 16.5 Å². The summed E-state index contributed by atoms with van der Waals surface area (Å²) in [6.45, 7) is 7.35. The third-order valence-electron chi connectivity index (χ3n) is 2.96. The Bertz CT molecular complexity index is 1140. The smallest absolute Gasteiger partial charge is 0.376 e. The molecule has 1 rings (SSSR count). The van der Waals surface area contributed by atoms with E-state index in [4.69, 9.17) is 65.1 Å². The van der Waals surface area contributed by atoms with E-state index in [1.165, 1.54) is 6.92 Å². The number of carboxylic acids is 1. The lowest BCUT2D eigenvalue weighted by Crippen LogP contribution is -2.31. The van der Waals surface area contributed by atoms with Crippen molar-refractivity contribution >= 4 is 129 Å². The number of aryl methyl sites for hydroxylation is 1. The fourth-order valence-electron chi connectivity index (χ4n) is 1.49. The van der Waals surface area contributed by atoms with Crippen LogP contribution in [0.2, 0.25) is 5.02 Å². The van der Waals surface area contributed by atoms with Crippen molar-refractivity contribution in [1.82, 2.24) is 5.16 Å². The number of esters is 2. The molecule has 1 atom stereocenters. The summed E-state index contributed by atoms with van der Waals surface area (Å²) in [5.74, 6) is -2.68. The van der Waals surface area contributed by atoms with Crippen LogP contribution in [0.3, 0.4) is 0 Å². The summed E-state index contributed by atoms with van der Waals surface area (Å²) >= 11 is 20.3. The average Bonchev–Trinajstić information content (AvgIpc) is 3.22. The molecule has 0 amide bonds. The van der Waals surface area contributed by atoms with Gasteiger partial charge in [0, 0.05) is 21.4 Å². The number of nitrogens with two attached hydrogens (primary N) is 1. The lowest BCUT2D eigenvalue weighted by Gasteiger charge is -2.02. The molecule has 16 nitrogen and oxygen atoms in total. The Kier molecular flexibility index (Phi) is 40.5. The van der Waals surface area contributed by atoms with Gasteiger partial charge >= 0.3 is 26.2 Å². The highest BCUT2D eigenvalue weighted by Gasteiger charge is 2.27. The number of ether oxygens (including phenoxy) is 2. The van der Waals surface area contributed by atoms with Gasteiger partial charge < -0.3 is 24.3 Å². The number of hydrogen-bond donors (Lipinski definition) is 3. The number of halogens is 7. The third-order valence-corrected chi connectivity index (χ3v) is 3.91. The van der Waals surface area contributed by atoms with Gasteiger partial charge in [0.05, 0.1) is 25.0 Å². The molecule has 0 radical (unpaired) electrons. The monoisotopic (exact) mass is 798 g/mol. The Morgan fingerprint density at radius 1 is 0.955 bits per heavy atom. The van der Waals surface area contributed by atoms with Gasteiger partial charge in [-0.05, 0) is 34.6 Å². The largest absolute Gasteiger partial charge is 0.475 e. The maximum atomic E-state index is 10.8. The van der Waals surface area contributed by atoms with Gasteiger partial charge in [0.15, 0.2) is 11.2 Å². The summed E-state index contributed by atoms with van der Waals surface area (Å²) in [5, 5.41) is 17.1. The van der Waals surface area contributed by atoms with Crippen molar-refractivity contribution in [3.8, 4) is 0 Å². The molecule has 0 spiro atoms. The van der Waals surface area contributed by atoms with Crippen LogP contribution in [0.5, 0.6) is 0 Å². The number of aromatic nitrogens is 1. The van der Waals surface area contributed by atoms with Gasteiger partial charge in [0.2, 0.25) is 5.78 Å². The topological polar surface area (TPSA) is 265 Å². The number of carboxylic acid groups (broad SMARTS) is 1. The Labute approximate surface area is 286 Å². The SMILES string of the molecule is CCOC(=O)C(=O)C(Cl)C(C)=O.CCOC(=O)C(=O)CC(C)=O.Cc1noc(C(=O)O)c1Cl.Cl.ClCCl.NO.O=S(=O)(Cl)Cl. The van der Waals surface area contributed by atoms with Crippen molar-refractivity contribution in [1.29, 1.82) is 0 Å². The lowest BCUT2D eigenvalue weighted by atomic mass is 10.2. The summed E-state index contributed by atoms with van der Waals surface area (Å²) in [6, 6.07) is 0. The van der Waals surface area contributed by atoms with Crippen molar-refractivity contribution in [2.75, 3.05) is 18.6 Å². The molecule has 44 heavy (non-hydrogen) atoms. The first kappa shape index (κ1) is 54.7. The molecule has 1 heterocycles. The molecule has 0 bridgehead atoms. The van der Waals surface area contributed by atoms with E-state index in [0.717, 1.165) is 6.92 Å². The van der Waals surface area contributed by atoms with E-state index < -0.39 is 48.9 Å². The van der Waals surface area contributed by atoms with Crippen LogP contribution in [-0.2, 0) is 46.5 Å². The van der Waals surface area contributed by atoms with E-state index in [0.29, 0.717) is 5.69 Å². The van der Waals surface area contributed by atoms with E-state index in [1.54, 1.807) is 20.8 Å². The van der Waals surface area contributed by atoms with E-state index >= 15 is 0 Å². The van der Waals surface area contributed by atoms with Gasteiger partial charge in [-0.15, -0.1) is 47.2 Å². The predicted molar refractivity (Wildman–Crippen MR) is 163 cm³/mol. The maximum absolute atomic E-state index is 10.8. The summed E-state index contributed by atoms with van der Waals surface area (Å²) in [4.78, 5) is 73.8. The Balaban J connectivity index is -0.000000106. The molecule has 258 valence electrons. The molecule has 1 aromatic heterocycles. The second kappa shape index (κ2) is 32.6. The minimum Gasteiger partial charge on any atom is -0.475 e. The van der Waals surface area contributed by atoms with Crippen LogP contribution in [0.15, 0.2) is 4.52 Å². The minimum absolute atomic E-state index is 0. The number of nitrogens with zero attached hydrogens (tertiary/aromatic N) is 1. The zero-order chi connectivity index (χ0) is 35.5. The van der Waals surface area contributed by atoms with Crippen molar-refractivity contribution in [2.45, 2.75) is 46.4 Å². The van der Waals surface area contributed by atoms with Crippen LogP contribution in [0, 0.1) is 6.92 Å². The second-order valence-corrected chi connectivity index (χ2v) is 11.6. The molecule has 24 heteroatoms. The molecule has 0 saturated carbocycles. The molecule has 0 aliphatic rings. The molecule has 1 unspecified atom stereocenters. The third kappa shape index (κ3) is 36.4. The highest BCUT2D eigenvalue weighted by molar-refractivity contribution is 8.31. The van der Waals surface area contributed by atoms with Crippen LogP contribution in [-0.4, -0.2) is 88.9 Å². The molecule has 0 aliphatic carbocycles. The second-order valence-electron chi connectivity index (χ2n) is 6.28. The first-order valence-corrected chi connectivity index (χ1v) is 15.6. The molecular formula is C20H29Cl7N2O14S. The Morgan fingerprint density at radius 3 is 1.55 bits per heavy atom. The van der Waals surface area contributed by atoms with Crippen LogP contribution in [0.4, 0.5) is 0 Å². The van der Waals surface area contributed by atoms with Crippen LogP contribution in [0.1, 0.15) is 50.4 Å². The number of rotatable bonds is 9. The van der Waals surface area contributed by atoms with E-state index in [2.05, 4.69) is 46.4 Å².